The Morgan fingerprint density at radius 2 is 1.95 bits per heavy atom. The minimum Gasteiger partial charge on any atom is -0.337 e. The summed E-state index contributed by atoms with van der Waals surface area (Å²) in [7, 11) is 0. The fourth-order valence-corrected chi connectivity index (χ4v) is 2.11. The molecule has 1 saturated heterocycles. The van der Waals surface area contributed by atoms with Crippen molar-refractivity contribution < 1.29 is 22.7 Å². The molecule has 0 atom stereocenters. The summed E-state index contributed by atoms with van der Waals surface area (Å²) in [5.74, 6) is -0.395. The molecule has 20 heavy (non-hydrogen) atoms. The number of halogens is 3. The van der Waals surface area contributed by atoms with Crippen LogP contribution in [0.5, 0.6) is 0 Å². The molecule has 1 N–H and O–H groups in total. The summed E-state index contributed by atoms with van der Waals surface area (Å²) in [6.07, 6.45) is -5.35. The Balaban J connectivity index is 1.94. The zero-order chi connectivity index (χ0) is 14.8. The molecule has 2 rings (SSSR count). The maximum absolute atomic E-state index is 12.1. The van der Waals surface area contributed by atoms with Crippen molar-refractivity contribution in [2.24, 2.45) is 0 Å². The summed E-state index contributed by atoms with van der Waals surface area (Å²) >= 11 is 0. The van der Waals surface area contributed by atoms with E-state index in [-0.39, 0.29) is 31.6 Å². The van der Waals surface area contributed by atoms with Crippen molar-refractivity contribution in [3.05, 3.63) is 34.2 Å². The van der Waals surface area contributed by atoms with Crippen LogP contribution in [0.2, 0.25) is 0 Å². The summed E-state index contributed by atoms with van der Waals surface area (Å²) < 4.78 is 40.1. The Morgan fingerprint density at radius 3 is 2.50 bits per heavy atom. The molecule has 0 unspecified atom stereocenters. The molecule has 1 aliphatic rings. The lowest BCUT2D eigenvalue weighted by Gasteiger charge is -2.32. The number of aromatic amines is 1. The van der Waals surface area contributed by atoms with Crippen LogP contribution in [-0.4, -0.2) is 41.3 Å². The molecule has 1 aromatic heterocycles. The Bertz CT molecular complexity index is 533. The van der Waals surface area contributed by atoms with E-state index in [0.717, 1.165) is 0 Å². The van der Waals surface area contributed by atoms with Gasteiger partial charge in [0.2, 0.25) is 5.56 Å². The smallest absolute Gasteiger partial charge is 0.337 e. The van der Waals surface area contributed by atoms with Crippen LogP contribution >= 0.6 is 0 Å². The van der Waals surface area contributed by atoms with E-state index in [0.29, 0.717) is 0 Å². The highest BCUT2D eigenvalue weighted by Gasteiger charge is 2.35. The predicted octanol–water partition coefficient (Wildman–Crippen LogP) is 1.52. The van der Waals surface area contributed by atoms with Crippen LogP contribution in [0.15, 0.2) is 23.0 Å². The molecule has 1 aliphatic heterocycles. The lowest BCUT2D eigenvalue weighted by Crippen LogP contribution is -2.42. The van der Waals surface area contributed by atoms with E-state index in [9.17, 15) is 22.8 Å². The Kier molecular flexibility index (Phi) is 4.12. The predicted molar refractivity (Wildman–Crippen MR) is 63.1 cm³/mol. The highest BCUT2D eigenvalue weighted by molar-refractivity contribution is 5.92. The molecular weight excluding hydrogens is 277 g/mol. The molecule has 1 amide bonds. The lowest BCUT2D eigenvalue weighted by molar-refractivity contribution is -0.345. The van der Waals surface area contributed by atoms with E-state index in [1.807, 2.05) is 0 Å². The number of ether oxygens (including phenoxy) is 1. The number of carbonyl (C=O) groups is 1. The topological polar surface area (TPSA) is 62.4 Å². The fourth-order valence-electron chi connectivity index (χ4n) is 2.11. The fraction of sp³-hybridized carbons (Fsp3) is 0.500. The SMILES string of the molecule is O=C(c1cccc(=O)[nH]1)N1CCC(OC(F)(F)F)CC1. The minimum absolute atomic E-state index is 0.113. The van der Waals surface area contributed by atoms with Gasteiger partial charge in [0.25, 0.3) is 5.91 Å². The molecule has 0 radical (unpaired) electrons. The number of piperidine rings is 1. The average Bonchev–Trinajstić information content (AvgIpc) is 2.37. The van der Waals surface area contributed by atoms with Crippen LogP contribution in [0.3, 0.4) is 0 Å². The third-order valence-corrected chi connectivity index (χ3v) is 3.03. The summed E-state index contributed by atoms with van der Waals surface area (Å²) in [6, 6.07) is 4.19. The first-order valence-corrected chi connectivity index (χ1v) is 6.08. The largest absolute Gasteiger partial charge is 0.522 e. The summed E-state index contributed by atoms with van der Waals surface area (Å²) in [4.78, 5) is 27.0. The second-order valence-electron chi connectivity index (χ2n) is 4.48. The molecule has 0 aromatic carbocycles. The zero-order valence-electron chi connectivity index (χ0n) is 10.4. The molecule has 0 aliphatic carbocycles. The maximum atomic E-state index is 12.1. The number of H-pyrrole nitrogens is 1. The van der Waals surface area contributed by atoms with Gasteiger partial charge in [-0.05, 0) is 18.9 Å². The molecule has 5 nitrogen and oxygen atoms in total. The van der Waals surface area contributed by atoms with Gasteiger partial charge in [-0.3, -0.25) is 14.3 Å². The number of likely N-dealkylation sites (tertiary alicyclic amines) is 1. The molecule has 110 valence electrons. The second-order valence-corrected chi connectivity index (χ2v) is 4.48. The van der Waals surface area contributed by atoms with E-state index < -0.39 is 23.9 Å². The maximum Gasteiger partial charge on any atom is 0.522 e. The van der Waals surface area contributed by atoms with Crippen LogP contribution in [0.25, 0.3) is 0 Å². The highest BCUT2D eigenvalue weighted by Crippen LogP contribution is 2.24. The zero-order valence-corrected chi connectivity index (χ0v) is 10.4. The van der Waals surface area contributed by atoms with Gasteiger partial charge in [0, 0.05) is 19.2 Å². The third kappa shape index (κ3) is 3.83. The number of nitrogens with zero attached hydrogens (tertiary/aromatic N) is 1. The number of amides is 1. The summed E-state index contributed by atoms with van der Waals surface area (Å²) in [6.45, 7) is 0.326. The first-order chi connectivity index (χ1) is 9.35. The molecule has 1 aromatic rings. The molecule has 1 fully saturated rings. The lowest BCUT2D eigenvalue weighted by atomic mass is 10.1. The third-order valence-electron chi connectivity index (χ3n) is 3.03. The van der Waals surface area contributed by atoms with Crippen molar-refractivity contribution in [1.29, 1.82) is 0 Å². The van der Waals surface area contributed by atoms with Crippen molar-refractivity contribution in [3.63, 3.8) is 0 Å². The number of nitrogens with one attached hydrogen (secondary N) is 1. The normalized spacial score (nSPS) is 17.2. The van der Waals surface area contributed by atoms with Gasteiger partial charge < -0.3 is 9.88 Å². The number of alkyl halides is 3. The van der Waals surface area contributed by atoms with Gasteiger partial charge in [0.1, 0.15) is 5.69 Å². The van der Waals surface area contributed by atoms with Crippen LogP contribution in [0.1, 0.15) is 23.3 Å². The summed E-state index contributed by atoms with van der Waals surface area (Å²) in [5.41, 5.74) is -0.265. The Labute approximate surface area is 112 Å². The number of hydrogen-bond donors (Lipinski definition) is 1. The van der Waals surface area contributed by atoms with Crippen molar-refractivity contribution >= 4 is 5.91 Å². The van der Waals surface area contributed by atoms with Crippen LogP contribution < -0.4 is 5.56 Å². The minimum atomic E-state index is -4.65. The number of pyridine rings is 1. The Hall–Kier alpha value is -1.83. The van der Waals surface area contributed by atoms with E-state index in [1.165, 1.54) is 23.1 Å². The van der Waals surface area contributed by atoms with Gasteiger partial charge >= 0.3 is 6.36 Å². The van der Waals surface area contributed by atoms with Crippen molar-refractivity contribution in [2.75, 3.05) is 13.1 Å². The average molecular weight is 290 g/mol. The molecule has 0 bridgehead atoms. The first-order valence-electron chi connectivity index (χ1n) is 6.08. The molecular formula is C12H13F3N2O3. The van der Waals surface area contributed by atoms with Crippen LogP contribution in [0.4, 0.5) is 13.2 Å². The van der Waals surface area contributed by atoms with Crippen LogP contribution in [-0.2, 0) is 4.74 Å². The van der Waals surface area contributed by atoms with E-state index in [2.05, 4.69) is 9.72 Å². The van der Waals surface area contributed by atoms with Gasteiger partial charge in [-0.2, -0.15) is 0 Å². The number of aromatic nitrogens is 1. The second kappa shape index (κ2) is 5.66. The monoisotopic (exact) mass is 290 g/mol. The van der Waals surface area contributed by atoms with Crippen LogP contribution in [0, 0.1) is 0 Å². The van der Waals surface area contributed by atoms with E-state index >= 15 is 0 Å². The van der Waals surface area contributed by atoms with E-state index in [1.54, 1.807) is 0 Å². The highest BCUT2D eigenvalue weighted by atomic mass is 19.4. The van der Waals surface area contributed by atoms with Crippen molar-refractivity contribution in [3.8, 4) is 0 Å². The summed E-state index contributed by atoms with van der Waals surface area (Å²) in [5, 5.41) is 0. The quantitative estimate of drug-likeness (QED) is 0.898. The molecule has 8 heteroatoms. The van der Waals surface area contributed by atoms with Gasteiger partial charge in [-0.15, -0.1) is 13.2 Å². The van der Waals surface area contributed by atoms with Crippen molar-refractivity contribution in [2.45, 2.75) is 25.3 Å². The Morgan fingerprint density at radius 1 is 1.30 bits per heavy atom. The van der Waals surface area contributed by atoms with Gasteiger partial charge in [-0.1, -0.05) is 6.07 Å². The molecule has 2 heterocycles. The first kappa shape index (κ1) is 14.6. The van der Waals surface area contributed by atoms with Gasteiger partial charge in [0.05, 0.1) is 6.10 Å². The van der Waals surface area contributed by atoms with Gasteiger partial charge in [0.15, 0.2) is 0 Å². The van der Waals surface area contributed by atoms with Gasteiger partial charge in [-0.25, -0.2) is 0 Å². The standard InChI is InChI=1S/C12H13F3N2O3/c13-12(14,15)20-8-4-6-17(7-5-8)11(19)9-2-1-3-10(18)16-9/h1-3,8H,4-7H2,(H,16,18). The number of rotatable bonds is 2. The van der Waals surface area contributed by atoms with Crippen molar-refractivity contribution in [1.82, 2.24) is 9.88 Å². The molecule has 0 spiro atoms. The number of hydrogen-bond acceptors (Lipinski definition) is 3. The van der Waals surface area contributed by atoms with E-state index in [4.69, 9.17) is 0 Å². The molecule has 0 saturated carbocycles. The number of carbonyl (C=O) groups excluding carboxylic acids is 1.